The van der Waals surface area contributed by atoms with E-state index < -0.39 is 0 Å². The number of rotatable bonds is 5. The molecule has 0 fully saturated rings. The number of nitrogens with one attached hydrogen (secondary N) is 1. The third-order valence-corrected chi connectivity index (χ3v) is 3.24. The lowest BCUT2D eigenvalue weighted by Gasteiger charge is -2.29. The highest BCUT2D eigenvalue weighted by atomic mass is 16.5. The minimum atomic E-state index is -0.302. The molecule has 3 heteroatoms. The van der Waals surface area contributed by atoms with Crippen molar-refractivity contribution < 1.29 is 9.53 Å². The third-order valence-electron chi connectivity index (χ3n) is 3.24. The van der Waals surface area contributed by atoms with Crippen molar-refractivity contribution in [2.45, 2.75) is 46.7 Å². The first-order valence-corrected chi connectivity index (χ1v) is 6.77. The maximum absolute atomic E-state index is 11.8. The molecule has 0 spiro atoms. The fraction of sp³-hybridized carbons (Fsp3) is 0.562. The summed E-state index contributed by atoms with van der Waals surface area (Å²) < 4.78 is 4.86. The van der Waals surface area contributed by atoms with E-state index in [0.717, 1.165) is 6.42 Å². The highest BCUT2D eigenvalue weighted by Gasteiger charge is 2.31. The second-order valence-electron chi connectivity index (χ2n) is 5.87. The number of esters is 1. The Kier molecular flexibility index (Phi) is 5.55. The van der Waals surface area contributed by atoms with Crippen molar-refractivity contribution in [3.05, 3.63) is 35.4 Å². The van der Waals surface area contributed by atoms with Crippen LogP contribution >= 0.6 is 0 Å². The molecule has 0 bridgehead atoms. The standard InChI is InChI=1S/C16H25NO2/c1-6-12-7-9-13(10-8-12)11-17-14(15(18)19-5)16(2,3)4/h7-10,14,17H,6,11H2,1-5H3/t14-/m1/s1. The van der Waals surface area contributed by atoms with Crippen molar-refractivity contribution >= 4 is 5.97 Å². The molecule has 1 atom stereocenters. The Morgan fingerprint density at radius 3 is 2.16 bits per heavy atom. The maximum atomic E-state index is 11.8. The predicted octanol–water partition coefficient (Wildman–Crippen LogP) is 2.93. The summed E-state index contributed by atoms with van der Waals surface area (Å²) in [5, 5.41) is 3.29. The molecule has 1 aromatic carbocycles. The molecule has 0 aliphatic carbocycles. The second kappa shape index (κ2) is 6.71. The molecule has 3 nitrogen and oxygen atoms in total. The van der Waals surface area contributed by atoms with Crippen molar-refractivity contribution in [3.8, 4) is 0 Å². The second-order valence-corrected chi connectivity index (χ2v) is 5.87. The van der Waals surface area contributed by atoms with Crippen LogP contribution in [0.1, 0.15) is 38.8 Å². The number of hydrogen-bond acceptors (Lipinski definition) is 3. The van der Waals surface area contributed by atoms with Crippen LogP contribution in [-0.4, -0.2) is 19.1 Å². The van der Waals surface area contributed by atoms with Gasteiger partial charge >= 0.3 is 5.97 Å². The maximum Gasteiger partial charge on any atom is 0.323 e. The van der Waals surface area contributed by atoms with E-state index in [1.807, 2.05) is 20.8 Å². The first-order valence-electron chi connectivity index (χ1n) is 6.77. The van der Waals surface area contributed by atoms with E-state index in [9.17, 15) is 4.79 Å². The summed E-state index contributed by atoms with van der Waals surface area (Å²) in [6.07, 6.45) is 1.04. The average Bonchev–Trinajstić information content (AvgIpc) is 2.37. The van der Waals surface area contributed by atoms with Gasteiger partial charge in [0.15, 0.2) is 0 Å². The lowest BCUT2D eigenvalue weighted by atomic mass is 9.86. The Morgan fingerprint density at radius 2 is 1.74 bits per heavy atom. The molecular weight excluding hydrogens is 238 g/mol. The number of hydrogen-bond donors (Lipinski definition) is 1. The molecule has 0 heterocycles. The molecule has 106 valence electrons. The van der Waals surface area contributed by atoms with Gasteiger partial charge in [0.05, 0.1) is 7.11 Å². The third kappa shape index (κ3) is 4.67. The number of carbonyl (C=O) groups is 1. The number of ether oxygens (including phenoxy) is 1. The van der Waals surface area contributed by atoms with Crippen molar-refractivity contribution in [2.75, 3.05) is 7.11 Å². The van der Waals surface area contributed by atoms with Crippen molar-refractivity contribution in [3.63, 3.8) is 0 Å². The summed E-state index contributed by atoms with van der Waals surface area (Å²) in [4.78, 5) is 11.8. The molecule has 0 unspecified atom stereocenters. The van der Waals surface area contributed by atoms with Gasteiger partial charge in [-0.1, -0.05) is 52.0 Å². The summed E-state index contributed by atoms with van der Waals surface area (Å²) >= 11 is 0. The largest absolute Gasteiger partial charge is 0.468 e. The first-order chi connectivity index (χ1) is 8.88. The van der Waals surface area contributed by atoms with Crippen LogP contribution < -0.4 is 5.32 Å². The van der Waals surface area contributed by atoms with Crippen LogP contribution in [0.25, 0.3) is 0 Å². The monoisotopic (exact) mass is 263 g/mol. The van der Waals surface area contributed by atoms with Crippen LogP contribution in [0.15, 0.2) is 24.3 Å². The van der Waals surface area contributed by atoms with Crippen molar-refractivity contribution in [1.29, 1.82) is 0 Å². The molecular formula is C16H25NO2. The lowest BCUT2D eigenvalue weighted by Crippen LogP contribution is -2.46. The van der Waals surface area contributed by atoms with E-state index in [1.54, 1.807) is 0 Å². The van der Waals surface area contributed by atoms with E-state index in [1.165, 1.54) is 18.2 Å². The van der Waals surface area contributed by atoms with Gasteiger partial charge in [0.25, 0.3) is 0 Å². The summed E-state index contributed by atoms with van der Waals surface area (Å²) in [5.74, 6) is -0.210. The Labute approximate surface area is 116 Å². The van der Waals surface area contributed by atoms with Gasteiger partial charge in [-0.25, -0.2) is 0 Å². The van der Waals surface area contributed by atoms with E-state index in [2.05, 4.69) is 36.5 Å². The van der Waals surface area contributed by atoms with Gasteiger partial charge in [-0.15, -0.1) is 0 Å². The summed E-state index contributed by atoms with van der Waals surface area (Å²) in [6.45, 7) is 8.90. The van der Waals surface area contributed by atoms with Gasteiger partial charge in [-0.05, 0) is 23.0 Å². The zero-order chi connectivity index (χ0) is 14.5. The van der Waals surface area contributed by atoms with Crippen LogP contribution in [0.4, 0.5) is 0 Å². The number of methoxy groups -OCH3 is 1. The summed E-state index contributed by atoms with van der Waals surface area (Å²) in [7, 11) is 1.43. The van der Waals surface area contributed by atoms with Crippen LogP contribution in [0.5, 0.6) is 0 Å². The molecule has 1 aromatic rings. The van der Waals surface area contributed by atoms with E-state index >= 15 is 0 Å². The van der Waals surface area contributed by atoms with Crippen LogP contribution in [0, 0.1) is 5.41 Å². The van der Waals surface area contributed by atoms with Gasteiger partial charge in [0.2, 0.25) is 0 Å². The molecule has 0 aliphatic heterocycles. The SMILES string of the molecule is CCc1ccc(CN[C@H](C(=O)OC)C(C)(C)C)cc1. The average molecular weight is 263 g/mol. The molecule has 0 saturated carbocycles. The van der Waals surface area contributed by atoms with Gasteiger partial charge in [0, 0.05) is 6.54 Å². The Bertz CT molecular complexity index is 404. The summed E-state index contributed by atoms with van der Waals surface area (Å²) in [5.41, 5.74) is 2.33. The summed E-state index contributed by atoms with van der Waals surface area (Å²) in [6, 6.07) is 8.15. The van der Waals surface area contributed by atoms with Crippen molar-refractivity contribution in [1.82, 2.24) is 5.32 Å². The Morgan fingerprint density at radius 1 is 1.21 bits per heavy atom. The highest BCUT2D eigenvalue weighted by Crippen LogP contribution is 2.20. The van der Waals surface area contributed by atoms with Crippen molar-refractivity contribution in [2.24, 2.45) is 5.41 Å². The van der Waals surface area contributed by atoms with Gasteiger partial charge < -0.3 is 4.74 Å². The predicted molar refractivity (Wildman–Crippen MR) is 77.9 cm³/mol. The molecule has 0 aliphatic rings. The molecule has 0 aromatic heterocycles. The van der Waals surface area contributed by atoms with Crippen LogP contribution in [0.3, 0.4) is 0 Å². The number of aryl methyl sites for hydroxylation is 1. The minimum Gasteiger partial charge on any atom is -0.468 e. The topological polar surface area (TPSA) is 38.3 Å². The van der Waals surface area contributed by atoms with Gasteiger partial charge in [-0.2, -0.15) is 0 Å². The Hall–Kier alpha value is -1.35. The lowest BCUT2D eigenvalue weighted by molar-refractivity contribution is -0.146. The van der Waals surface area contributed by atoms with Crippen LogP contribution in [-0.2, 0) is 22.5 Å². The fourth-order valence-electron chi connectivity index (χ4n) is 1.97. The number of carbonyl (C=O) groups excluding carboxylic acids is 1. The quantitative estimate of drug-likeness (QED) is 0.830. The minimum absolute atomic E-state index is 0.170. The normalized spacial score (nSPS) is 13.1. The zero-order valence-electron chi connectivity index (χ0n) is 12.6. The van der Waals surface area contributed by atoms with E-state index in [4.69, 9.17) is 4.74 Å². The van der Waals surface area contributed by atoms with E-state index in [0.29, 0.717) is 6.54 Å². The smallest absolute Gasteiger partial charge is 0.323 e. The molecule has 1 N–H and O–H groups in total. The molecule has 0 saturated heterocycles. The molecule has 19 heavy (non-hydrogen) atoms. The van der Waals surface area contributed by atoms with Crippen LogP contribution in [0.2, 0.25) is 0 Å². The molecule has 0 radical (unpaired) electrons. The molecule has 0 amide bonds. The Balaban J connectivity index is 2.68. The molecule has 1 rings (SSSR count). The zero-order valence-corrected chi connectivity index (χ0v) is 12.6. The first kappa shape index (κ1) is 15.7. The number of benzene rings is 1. The highest BCUT2D eigenvalue weighted by molar-refractivity contribution is 5.76. The van der Waals surface area contributed by atoms with E-state index in [-0.39, 0.29) is 17.4 Å². The van der Waals surface area contributed by atoms with Gasteiger partial charge in [-0.3, -0.25) is 10.1 Å². The van der Waals surface area contributed by atoms with Gasteiger partial charge in [0.1, 0.15) is 6.04 Å². The fourth-order valence-corrected chi connectivity index (χ4v) is 1.97.